The van der Waals surface area contributed by atoms with Crippen LogP contribution in [0.3, 0.4) is 0 Å². The molecular weight excluding hydrogens is 324 g/mol. The van der Waals surface area contributed by atoms with Crippen molar-refractivity contribution in [2.45, 2.75) is 9.79 Å². The number of aromatic nitrogens is 2. The second-order valence-corrected chi connectivity index (χ2v) is 6.54. The highest BCUT2D eigenvalue weighted by Gasteiger charge is 2.27. The Labute approximate surface area is 139 Å². The third-order valence-corrected chi connectivity index (χ3v) is 5.22. The molecule has 0 saturated carbocycles. The van der Waals surface area contributed by atoms with E-state index in [0.717, 1.165) is 22.5 Å². The highest BCUT2D eigenvalue weighted by atomic mass is 32.2. The zero-order valence-corrected chi connectivity index (χ0v) is 13.1. The van der Waals surface area contributed by atoms with Gasteiger partial charge in [0.2, 0.25) is 0 Å². The van der Waals surface area contributed by atoms with Crippen LogP contribution in [0.4, 0.5) is 0 Å². The number of para-hydroxylation sites is 2. The van der Waals surface area contributed by atoms with E-state index < -0.39 is 0 Å². The summed E-state index contributed by atoms with van der Waals surface area (Å²) >= 11 is 1.15. The standard InChI is InChI=1S/C18H10N2O3S/c21-17-15-13(9-5-1-3-7-11(9)19-17)23-14-10-6-2-4-8-12(10)20-18(22)16(14)24-15/h1-8H,(H,19,21)(H,20,22). The maximum atomic E-state index is 12.4. The number of fused-ring (bicyclic) bond motifs is 6. The van der Waals surface area contributed by atoms with Crippen molar-refractivity contribution in [2.24, 2.45) is 0 Å². The summed E-state index contributed by atoms with van der Waals surface area (Å²) in [5, 5.41) is 1.63. The Balaban J connectivity index is 1.89. The van der Waals surface area contributed by atoms with E-state index in [9.17, 15) is 9.59 Å². The van der Waals surface area contributed by atoms with Crippen molar-refractivity contribution in [3.63, 3.8) is 0 Å². The smallest absolute Gasteiger partial charge is 0.266 e. The van der Waals surface area contributed by atoms with Crippen LogP contribution < -0.4 is 15.9 Å². The lowest BCUT2D eigenvalue weighted by molar-refractivity contribution is 0.462. The first kappa shape index (κ1) is 13.4. The largest absolute Gasteiger partial charge is 0.453 e. The Morgan fingerprint density at radius 1 is 0.708 bits per heavy atom. The average Bonchev–Trinajstić information content (AvgIpc) is 2.61. The normalized spacial score (nSPS) is 12.7. The van der Waals surface area contributed by atoms with Crippen LogP contribution in [0.15, 0.2) is 67.9 Å². The summed E-state index contributed by atoms with van der Waals surface area (Å²) in [6.45, 7) is 0. The maximum absolute atomic E-state index is 12.4. The van der Waals surface area contributed by atoms with Gasteiger partial charge in [0.1, 0.15) is 9.79 Å². The van der Waals surface area contributed by atoms with E-state index in [1.807, 2.05) is 48.5 Å². The molecule has 0 aliphatic carbocycles. The number of pyridine rings is 2. The van der Waals surface area contributed by atoms with Crippen molar-refractivity contribution in [1.29, 1.82) is 0 Å². The van der Waals surface area contributed by atoms with Gasteiger partial charge in [0.05, 0.1) is 11.0 Å². The number of ether oxygens (including phenoxy) is 1. The molecule has 3 heterocycles. The molecule has 0 bridgehead atoms. The molecule has 6 heteroatoms. The van der Waals surface area contributed by atoms with Crippen LogP contribution >= 0.6 is 11.8 Å². The topological polar surface area (TPSA) is 75.0 Å². The van der Waals surface area contributed by atoms with Crippen molar-refractivity contribution in [3.8, 4) is 11.5 Å². The Hall–Kier alpha value is -2.99. The van der Waals surface area contributed by atoms with Gasteiger partial charge in [-0.25, -0.2) is 0 Å². The predicted octanol–water partition coefficient (Wildman–Crippen LogP) is 3.63. The van der Waals surface area contributed by atoms with E-state index in [4.69, 9.17) is 4.74 Å². The molecule has 2 N–H and O–H groups in total. The number of H-pyrrole nitrogens is 2. The molecule has 0 unspecified atom stereocenters. The molecule has 0 spiro atoms. The van der Waals surface area contributed by atoms with Crippen LogP contribution in [0.1, 0.15) is 0 Å². The molecule has 24 heavy (non-hydrogen) atoms. The highest BCUT2D eigenvalue weighted by molar-refractivity contribution is 7.99. The van der Waals surface area contributed by atoms with E-state index in [-0.39, 0.29) is 11.1 Å². The lowest BCUT2D eigenvalue weighted by Crippen LogP contribution is -2.17. The molecule has 2 aromatic heterocycles. The first-order chi connectivity index (χ1) is 11.7. The van der Waals surface area contributed by atoms with Gasteiger partial charge in [-0.2, -0.15) is 0 Å². The van der Waals surface area contributed by atoms with Gasteiger partial charge < -0.3 is 14.7 Å². The SMILES string of the molecule is O=c1[nH]c2ccccc2c2c1Sc1c(c3ccccc3[nH]c1=O)O2. The van der Waals surface area contributed by atoms with Gasteiger partial charge in [-0.3, -0.25) is 9.59 Å². The van der Waals surface area contributed by atoms with E-state index in [2.05, 4.69) is 9.97 Å². The van der Waals surface area contributed by atoms with Gasteiger partial charge >= 0.3 is 0 Å². The van der Waals surface area contributed by atoms with Crippen molar-refractivity contribution in [2.75, 3.05) is 0 Å². The third-order valence-electron chi connectivity index (χ3n) is 4.07. The maximum Gasteiger partial charge on any atom is 0.266 e. The minimum absolute atomic E-state index is 0.257. The first-order valence-corrected chi connectivity index (χ1v) is 8.20. The fraction of sp³-hybridized carbons (Fsp3) is 0. The quantitative estimate of drug-likeness (QED) is 0.453. The molecule has 0 radical (unpaired) electrons. The monoisotopic (exact) mass is 334 g/mol. The minimum atomic E-state index is -0.257. The molecule has 0 atom stereocenters. The number of hydrogen-bond donors (Lipinski definition) is 2. The Kier molecular flexibility index (Phi) is 2.66. The Morgan fingerprint density at radius 2 is 1.17 bits per heavy atom. The summed E-state index contributed by atoms with van der Waals surface area (Å²) in [4.78, 5) is 31.3. The predicted molar refractivity (Wildman–Crippen MR) is 93.3 cm³/mol. The summed E-state index contributed by atoms with van der Waals surface area (Å²) in [5.74, 6) is 1.00. The summed E-state index contributed by atoms with van der Waals surface area (Å²) in [6, 6.07) is 14.9. The minimum Gasteiger partial charge on any atom is -0.453 e. The lowest BCUT2D eigenvalue weighted by atomic mass is 10.2. The molecule has 1 aliphatic rings. The van der Waals surface area contributed by atoms with Crippen LogP contribution in [-0.4, -0.2) is 9.97 Å². The van der Waals surface area contributed by atoms with Gasteiger partial charge in [-0.05, 0) is 24.3 Å². The second kappa shape index (κ2) is 4.75. The fourth-order valence-corrected chi connectivity index (χ4v) is 3.96. The van der Waals surface area contributed by atoms with Crippen molar-refractivity contribution < 1.29 is 4.74 Å². The highest BCUT2D eigenvalue weighted by Crippen LogP contribution is 2.48. The molecule has 5 nitrogen and oxygen atoms in total. The first-order valence-electron chi connectivity index (χ1n) is 7.38. The van der Waals surface area contributed by atoms with E-state index in [1.165, 1.54) is 0 Å². The zero-order valence-electron chi connectivity index (χ0n) is 12.3. The number of nitrogens with one attached hydrogen (secondary N) is 2. The molecule has 1 aliphatic heterocycles. The Morgan fingerprint density at radius 3 is 1.67 bits per heavy atom. The van der Waals surface area contributed by atoms with Crippen molar-refractivity contribution in [1.82, 2.24) is 9.97 Å². The molecule has 4 aromatic rings. The number of aromatic amines is 2. The summed E-state index contributed by atoms with van der Waals surface area (Å²) in [7, 11) is 0. The van der Waals surface area contributed by atoms with Gasteiger partial charge in [0.25, 0.3) is 11.1 Å². The van der Waals surface area contributed by atoms with E-state index in [0.29, 0.717) is 32.3 Å². The summed E-state index contributed by atoms with van der Waals surface area (Å²) in [5.41, 5.74) is 0.901. The van der Waals surface area contributed by atoms with Gasteiger partial charge in [0.15, 0.2) is 11.5 Å². The van der Waals surface area contributed by atoms with Crippen LogP contribution in [0.5, 0.6) is 11.5 Å². The van der Waals surface area contributed by atoms with Crippen LogP contribution in [0, 0.1) is 0 Å². The second-order valence-electron chi connectivity index (χ2n) is 5.52. The average molecular weight is 334 g/mol. The zero-order chi connectivity index (χ0) is 16.3. The van der Waals surface area contributed by atoms with Gasteiger partial charge in [-0.15, -0.1) is 0 Å². The van der Waals surface area contributed by atoms with E-state index >= 15 is 0 Å². The lowest BCUT2D eigenvalue weighted by Gasteiger charge is -2.21. The summed E-state index contributed by atoms with van der Waals surface area (Å²) in [6.07, 6.45) is 0. The molecule has 116 valence electrons. The molecule has 2 aromatic carbocycles. The summed E-state index contributed by atoms with van der Waals surface area (Å²) < 4.78 is 6.10. The fourth-order valence-electron chi connectivity index (χ4n) is 2.98. The van der Waals surface area contributed by atoms with Gasteiger partial charge in [0, 0.05) is 10.8 Å². The number of rotatable bonds is 0. The van der Waals surface area contributed by atoms with Crippen LogP contribution in [-0.2, 0) is 0 Å². The third kappa shape index (κ3) is 1.77. The molecule has 5 rings (SSSR count). The van der Waals surface area contributed by atoms with Crippen LogP contribution in [0.2, 0.25) is 0 Å². The van der Waals surface area contributed by atoms with Crippen molar-refractivity contribution in [3.05, 3.63) is 69.2 Å². The molecule has 0 saturated heterocycles. The molecule has 0 fully saturated rings. The molecular formula is C18H10N2O3S. The van der Waals surface area contributed by atoms with Crippen LogP contribution in [0.25, 0.3) is 21.8 Å². The van der Waals surface area contributed by atoms with Crippen molar-refractivity contribution >= 4 is 33.6 Å². The number of hydrogen-bond acceptors (Lipinski definition) is 4. The Bertz CT molecular complexity index is 1160. The van der Waals surface area contributed by atoms with E-state index in [1.54, 1.807) is 0 Å². The molecule has 0 amide bonds. The van der Waals surface area contributed by atoms with Gasteiger partial charge in [-0.1, -0.05) is 36.0 Å². The number of benzene rings is 2.